The topological polar surface area (TPSA) is 38.1 Å². The van der Waals surface area contributed by atoms with Crippen LogP contribution in [0.15, 0.2) is 36.4 Å². The number of likely N-dealkylation sites (tertiary alicyclic amines) is 1. The molecule has 126 valence electrons. The fraction of sp³-hybridized carbons (Fsp3) is 0.500. The van der Waals surface area contributed by atoms with E-state index >= 15 is 0 Å². The Labute approximate surface area is 143 Å². The number of aromatic nitrogens is 2. The molecule has 0 unspecified atom stereocenters. The van der Waals surface area contributed by atoms with Crippen LogP contribution in [-0.4, -0.2) is 26.9 Å². The standard InChI is InChI=1S/C20H25N3O/c1-2-22-17-11-6-5-10-16(17)21-20(22)18-12-7-13-23(18)19(24)14-15-8-3-4-9-15/h3,5-6,8,10-11,15,18H,2,4,7,9,12-14H2,1H3/t15-,18-/m0/s1. The van der Waals surface area contributed by atoms with Crippen molar-refractivity contribution in [2.24, 2.45) is 5.92 Å². The highest BCUT2D eigenvalue weighted by molar-refractivity contribution is 5.79. The molecule has 4 rings (SSSR count). The highest BCUT2D eigenvalue weighted by Crippen LogP contribution is 2.35. The fourth-order valence-electron chi connectivity index (χ4n) is 4.22. The Morgan fingerprint density at radius 1 is 1.29 bits per heavy atom. The number of rotatable bonds is 4. The first-order chi connectivity index (χ1) is 11.8. The highest BCUT2D eigenvalue weighted by atomic mass is 16.2. The fourth-order valence-corrected chi connectivity index (χ4v) is 4.22. The number of nitrogens with zero attached hydrogens (tertiary/aromatic N) is 3. The van der Waals surface area contributed by atoms with E-state index in [1.54, 1.807) is 0 Å². The van der Waals surface area contributed by atoms with Crippen LogP contribution in [-0.2, 0) is 11.3 Å². The number of fused-ring (bicyclic) bond motifs is 1. The van der Waals surface area contributed by atoms with Crippen LogP contribution in [0.1, 0.15) is 50.9 Å². The van der Waals surface area contributed by atoms with Gasteiger partial charge in [-0.3, -0.25) is 4.79 Å². The molecule has 4 heteroatoms. The van der Waals surface area contributed by atoms with Crippen molar-refractivity contribution in [2.45, 2.75) is 51.6 Å². The molecular weight excluding hydrogens is 298 g/mol. The molecule has 1 aromatic heterocycles. The second kappa shape index (κ2) is 6.42. The van der Waals surface area contributed by atoms with E-state index in [4.69, 9.17) is 4.98 Å². The maximum absolute atomic E-state index is 12.9. The van der Waals surface area contributed by atoms with Gasteiger partial charge in [-0.15, -0.1) is 0 Å². The van der Waals surface area contributed by atoms with Gasteiger partial charge in [0.1, 0.15) is 5.82 Å². The van der Waals surface area contributed by atoms with Crippen LogP contribution < -0.4 is 0 Å². The summed E-state index contributed by atoms with van der Waals surface area (Å²) in [5, 5.41) is 0. The van der Waals surface area contributed by atoms with Gasteiger partial charge in [0.25, 0.3) is 0 Å². The van der Waals surface area contributed by atoms with E-state index < -0.39 is 0 Å². The van der Waals surface area contributed by atoms with Crippen LogP contribution in [0.25, 0.3) is 11.0 Å². The molecule has 2 heterocycles. The van der Waals surface area contributed by atoms with Gasteiger partial charge >= 0.3 is 0 Å². The molecule has 2 atom stereocenters. The number of carbonyl (C=O) groups is 1. The van der Waals surface area contributed by atoms with Gasteiger partial charge in [-0.25, -0.2) is 4.98 Å². The van der Waals surface area contributed by atoms with E-state index in [0.29, 0.717) is 18.2 Å². The monoisotopic (exact) mass is 323 g/mol. The number of para-hydroxylation sites is 2. The summed E-state index contributed by atoms with van der Waals surface area (Å²) < 4.78 is 2.28. The summed E-state index contributed by atoms with van der Waals surface area (Å²) in [4.78, 5) is 19.8. The zero-order valence-corrected chi connectivity index (χ0v) is 14.3. The Morgan fingerprint density at radius 2 is 2.17 bits per heavy atom. The lowest BCUT2D eigenvalue weighted by Crippen LogP contribution is -2.32. The molecule has 1 amide bonds. The minimum absolute atomic E-state index is 0.134. The van der Waals surface area contributed by atoms with Crippen molar-refractivity contribution < 1.29 is 4.79 Å². The third kappa shape index (κ3) is 2.64. The van der Waals surface area contributed by atoms with Crippen LogP contribution in [0.3, 0.4) is 0 Å². The molecule has 4 nitrogen and oxygen atoms in total. The maximum atomic E-state index is 12.9. The van der Waals surface area contributed by atoms with Crippen LogP contribution in [0.2, 0.25) is 0 Å². The molecule has 0 saturated carbocycles. The minimum Gasteiger partial charge on any atom is -0.332 e. The van der Waals surface area contributed by atoms with Crippen molar-refractivity contribution in [1.29, 1.82) is 0 Å². The average Bonchev–Trinajstić information content (AvgIpc) is 3.33. The smallest absolute Gasteiger partial charge is 0.223 e. The number of amides is 1. The number of aryl methyl sites for hydroxylation is 1. The second-order valence-electron chi connectivity index (χ2n) is 6.92. The summed E-state index contributed by atoms with van der Waals surface area (Å²) in [6.45, 7) is 3.91. The molecular formula is C20H25N3O. The van der Waals surface area contributed by atoms with Gasteiger partial charge in [0, 0.05) is 19.5 Å². The zero-order valence-electron chi connectivity index (χ0n) is 14.3. The predicted octanol–water partition coefficient (Wildman–Crippen LogP) is 4.08. The minimum atomic E-state index is 0.134. The summed E-state index contributed by atoms with van der Waals surface area (Å²) in [6, 6.07) is 8.41. The van der Waals surface area contributed by atoms with Crippen LogP contribution in [0, 0.1) is 5.92 Å². The molecule has 1 aliphatic carbocycles. The van der Waals surface area contributed by atoms with Crippen molar-refractivity contribution in [3.8, 4) is 0 Å². The Bertz CT molecular complexity index is 776. The zero-order chi connectivity index (χ0) is 16.5. The summed E-state index contributed by atoms with van der Waals surface area (Å²) in [6.07, 6.45) is 9.41. The SMILES string of the molecule is CCn1c([C@@H]2CCCN2C(=O)C[C@H]2C=CCC2)nc2ccccc21. The second-order valence-corrected chi connectivity index (χ2v) is 6.92. The third-order valence-corrected chi connectivity index (χ3v) is 5.42. The maximum Gasteiger partial charge on any atom is 0.223 e. The van der Waals surface area contributed by atoms with Crippen LogP contribution >= 0.6 is 0 Å². The third-order valence-electron chi connectivity index (χ3n) is 5.42. The molecule has 0 spiro atoms. The molecule has 1 aliphatic heterocycles. The lowest BCUT2D eigenvalue weighted by Gasteiger charge is -2.26. The number of allylic oxidation sites excluding steroid dienone is 2. The molecule has 1 aromatic carbocycles. The van der Waals surface area contributed by atoms with Crippen molar-refractivity contribution >= 4 is 16.9 Å². The van der Waals surface area contributed by atoms with Gasteiger partial charge in [-0.1, -0.05) is 24.3 Å². The molecule has 2 aromatic rings. The first-order valence-corrected chi connectivity index (χ1v) is 9.19. The number of hydrogen-bond acceptors (Lipinski definition) is 2. The molecule has 24 heavy (non-hydrogen) atoms. The highest BCUT2D eigenvalue weighted by Gasteiger charge is 2.34. The van der Waals surface area contributed by atoms with Gasteiger partial charge in [-0.05, 0) is 50.7 Å². The van der Waals surface area contributed by atoms with Gasteiger partial charge in [-0.2, -0.15) is 0 Å². The number of imidazole rings is 1. The summed E-state index contributed by atoms with van der Waals surface area (Å²) in [5.74, 6) is 1.79. The van der Waals surface area contributed by atoms with Crippen molar-refractivity contribution in [3.05, 3.63) is 42.2 Å². The Hall–Kier alpha value is -2.10. The lowest BCUT2D eigenvalue weighted by atomic mass is 10.0. The Balaban J connectivity index is 1.62. The van der Waals surface area contributed by atoms with Crippen molar-refractivity contribution in [3.63, 3.8) is 0 Å². The van der Waals surface area contributed by atoms with Gasteiger partial charge < -0.3 is 9.47 Å². The molecule has 1 saturated heterocycles. The van der Waals surface area contributed by atoms with Crippen LogP contribution in [0.5, 0.6) is 0 Å². The number of hydrogen-bond donors (Lipinski definition) is 0. The summed E-state index contributed by atoms with van der Waals surface area (Å²) in [5.41, 5.74) is 2.21. The van der Waals surface area contributed by atoms with Gasteiger partial charge in [0.15, 0.2) is 0 Å². The van der Waals surface area contributed by atoms with E-state index in [2.05, 4.69) is 46.7 Å². The first-order valence-electron chi connectivity index (χ1n) is 9.19. The van der Waals surface area contributed by atoms with Gasteiger partial charge in [0.2, 0.25) is 5.91 Å². The quantitative estimate of drug-likeness (QED) is 0.795. The van der Waals surface area contributed by atoms with E-state index in [0.717, 1.165) is 50.1 Å². The largest absolute Gasteiger partial charge is 0.332 e. The van der Waals surface area contributed by atoms with E-state index in [1.807, 2.05) is 6.07 Å². The van der Waals surface area contributed by atoms with E-state index in [-0.39, 0.29) is 6.04 Å². The summed E-state index contributed by atoms with van der Waals surface area (Å²) in [7, 11) is 0. The average molecular weight is 323 g/mol. The van der Waals surface area contributed by atoms with Crippen molar-refractivity contribution in [1.82, 2.24) is 14.5 Å². The Kier molecular flexibility index (Phi) is 4.13. The van der Waals surface area contributed by atoms with E-state index in [1.165, 1.54) is 5.52 Å². The predicted molar refractivity (Wildman–Crippen MR) is 95.6 cm³/mol. The van der Waals surface area contributed by atoms with E-state index in [9.17, 15) is 4.79 Å². The van der Waals surface area contributed by atoms with Crippen molar-refractivity contribution in [2.75, 3.05) is 6.54 Å². The summed E-state index contributed by atoms with van der Waals surface area (Å²) >= 11 is 0. The van der Waals surface area contributed by atoms with Gasteiger partial charge in [0.05, 0.1) is 17.1 Å². The molecule has 2 aliphatic rings. The molecule has 1 fully saturated rings. The number of carbonyl (C=O) groups excluding carboxylic acids is 1. The Morgan fingerprint density at radius 3 is 2.96 bits per heavy atom. The normalized spacial score (nSPS) is 23.5. The molecule has 0 N–H and O–H groups in total. The molecule has 0 bridgehead atoms. The lowest BCUT2D eigenvalue weighted by molar-refractivity contribution is -0.133. The van der Waals surface area contributed by atoms with Crippen LogP contribution in [0.4, 0.5) is 0 Å². The first kappa shape index (κ1) is 15.4. The molecule has 0 radical (unpaired) electrons. The number of benzene rings is 1.